The van der Waals surface area contributed by atoms with Crippen LogP contribution in [0.1, 0.15) is 52.5 Å². The number of nitrogens with one attached hydrogen (secondary N) is 2. The van der Waals surface area contributed by atoms with E-state index in [9.17, 15) is 9.18 Å². The topological polar surface area (TPSA) is 50.4 Å². The summed E-state index contributed by atoms with van der Waals surface area (Å²) in [7, 11) is 0. The van der Waals surface area contributed by atoms with Crippen molar-refractivity contribution < 1.29 is 13.9 Å². The lowest BCUT2D eigenvalue weighted by Gasteiger charge is -2.23. The molecule has 1 aromatic carbocycles. The quantitative estimate of drug-likeness (QED) is 0.760. The first-order chi connectivity index (χ1) is 10.8. The molecule has 0 fully saturated rings. The summed E-state index contributed by atoms with van der Waals surface area (Å²) in [6, 6.07) is 6.80. The van der Waals surface area contributed by atoms with Crippen LogP contribution >= 0.6 is 0 Å². The van der Waals surface area contributed by atoms with Crippen LogP contribution in [-0.4, -0.2) is 24.3 Å². The highest BCUT2D eigenvalue weighted by Crippen LogP contribution is 2.09. The Bertz CT molecular complexity index is 486. The molecule has 0 heterocycles. The second-order valence-electron chi connectivity index (χ2n) is 6.69. The number of hydrogen-bond acceptors (Lipinski definition) is 3. The first kappa shape index (κ1) is 19.4. The second kappa shape index (κ2) is 9.50. The minimum atomic E-state index is -0.510. The summed E-state index contributed by atoms with van der Waals surface area (Å²) in [6.45, 7) is 8.52. The number of rotatable bonds is 8. The van der Waals surface area contributed by atoms with Crippen molar-refractivity contribution in [3.8, 4) is 0 Å². The van der Waals surface area contributed by atoms with Crippen molar-refractivity contribution in [3.63, 3.8) is 0 Å². The fraction of sp³-hybridized carbons (Fsp3) is 0.611. The van der Waals surface area contributed by atoms with Gasteiger partial charge in [0.05, 0.1) is 0 Å². The zero-order chi connectivity index (χ0) is 17.3. The van der Waals surface area contributed by atoms with Crippen LogP contribution in [0.15, 0.2) is 24.3 Å². The van der Waals surface area contributed by atoms with Gasteiger partial charge in [0.25, 0.3) is 0 Å². The van der Waals surface area contributed by atoms with E-state index in [0.717, 1.165) is 19.3 Å². The molecule has 1 unspecified atom stereocenters. The van der Waals surface area contributed by atoms with Crippen molar-refractivity contribution in [2.45, 2.75) is 65.1 Å². The van der Waals surface area contributed by atoms with Gasteiger partial charge in [0.1, 0.15) is 11.4 Å². The predicted octanol–water partition coefficient (Wildman–Crippen LogP) is 4.00. The van der Waals surface area contributed by atoms with Gasteiger partial charge in [-0.2, -0.15) is 0 Å². The largest absolute Gasteiger partial charge is 0.444 e. The number of amides is 1. The fourth-order valence-electron chi connectivity index (χ4n) is 2.14. The van der Waals surface area contributed by atoms with Crippen LogP contribution in [-0.2, 0) is 11.3 Å². The van der Waals surface area contributed by atoms with Gasteiger partial charge in [0.15, 0.2) is 0 Å². The maximum atomic E-state index is 13.7. The zero-order valence-electron chi connectivity index (χ0n) is 14.6. The number of ether oxygens (including phenoxy) is 1. The van der Waals surface area contributed by atoms with Crippen molar-refractivity contribution in [3.05, 3.63) is 35.6 Å². The van der Waals surface area contributed by atoms with Crippen LogP contribution in [0.5, 0.6) is 0 Å². The molecule has 0 bridgehead atoms. The Kier molecular flexibility index (Phi) is 8.03. The second-order valence-corrected chi connectivity index (χ2v) is 6.69. The van der Waals surface area contributed by atoms with E-state index in [1.165, 1.54) is 6.07 Å². The first-order valence-corrected chi connectivity index (χ1v) is 8.25. The molecule has 0 saturated carbocycles. The van der Waals surface area contributed by atoms with Gasteiger partial charge in [0, 0.05) is 24.7 Å². The van der Waals surface area contributed by atoms with Crippen LogP contribution in [0.25, 0.3) is 0 Å². The Morgan fingerprint density at radius 2 is 2.00 bits per heavy atom. The molecule has 1 amide bonds. The SMILES string of the molecule is CCCCC(CNC(=O)OC(C)(C)C)NCc1ccccc1F. The number of carbonyl (C=O) groups excluding carboxylic acids is 1. The third kappa shape index (κ3) is 8.55. The molecule has 0 radical (unpaired) electrons. The molecule has 0 saturated heterocycles. The molecule has 0 spiro atoms. The van der Waals surface area contributed by atoms with E-state index in [2.05, 4.69) is 17.6 Å². The summed E-state index contributed by atoms with van der Waals surface area (Å²) in [5.74, 6) is -0.214. The molecule has 5 heteroatoms. The van der Waals surface area contributed by atoms with E-state index in [1.807, 2.05) is 26.8 Å². The Labute approximate surface area is 138 Å². The van der Waals surface area contributed by atoms with E-state index in [1.54, 1.807) is 12.1 Å². The summed E-state index contributed by atoms with van der Waals surface area (Å²) in [5, 5.41) is 6.10. The van der Waals surface area contributed by atoms with E-state index in [-0.39, 0.29) is 11.9 Å². The number of unbranched alkanes of at least 4 members (excludes halogenated alkanes) is 1. The molecule has 1 aromatic rings. The molecule has 2 N–H and O–H groups in total. The normalized spacial score (nSPS) is 12.7. The molecule has 4 nitrogen and oxygen atoms in total. The molecular formula is C18H29FN2O2. The van der Waals surface area contributed by atoms with Crippen LogP contribution in [0.4, 0.5) is 9.18 Å². The van der Waals surface area contributed by atoms with Crippen molar-refractivity contribution in [1.29, 1.82) is 0 Å². The standard InChI is InChI=1S/C18H29FN2O2/c1-5-6-10-15(13-21-17(22)23-18(2,3)4)20-12-14-9-7-8-11-16(14)19/h7-9,11,15,20H,5-6,10,12-13H2,1-4H3,(H,21,22). The van der Waals surface area contributed by atoms with Crippen molar-refractivity contribution in [2.75, 3.05) is 6.54 Å². The van der Waals surface area contributed by atoms with Gasteiger partial charge in [-0.25, -0.2) is 9.18 Å². The van der Waals surface area contributed by atoms with Crippen molar-refractivity contribution >= 4 is 6.09 Å². The van der Waals surface area contributed by atoms with Gasteiger partial charge in [0.2, 0.25) is 0 Å². The number of hydrogen-bond donors (Lipinski definition) is 2. The Morgan fingerprint density at radius 1 is 1.30 bits per heavy atom. The molecule has 0 aliphatic heterocycles. The number of halogens is 1. The number of carbonyl (C=O) groups is 1. The minimum absolute atomic E-state index is 0.0853. The van der Waals surface area contributed by atoms with Gasteiger partial charge >= 0.3 is 6.09 Å². The minimum Gasteiger partial charge on any atom is -0.444 e. The first-order valence-electron chi connectivity index (χ1n) is 8.25. The fourth-order valence-corrected chi connectivity index (χ4v) is 2.14. The van der Waals surface area contributed by atoms with Gasteiger partial charge in [-0.3, -0.25) is 0 Å². The molecular weight excluding hydrogens is 295 g/mol. The molecule has 1 rings (SSSR count). The highest BCUT2D eigenvalue weighted by Gasteiger charge is 2.17. The van der Waals surface area contributed by atoms with Gasteiger partial charge in [-0.05, 0) is 33.3 Å². The number of benzene rings is 1. The summed E-state index contributed by atoms with van der Waals surface area (Å²) >= 11 is 0. The monoisotopic (exact) mass is 324 g/mol. The summed E-state index contributed by atoms with van der Waals surface area (Å²) < 4.78 is 18.9. The van der Waals surface area contributed by atoms with Gasteiger partial charge < -0.3 is 15.4 Å². The number of alkyl carbamates (subject to hydrolysis) is 1. The maximum Gasteiger partial charge on any atom is 0.407 e. The molecule has 23 heavy (non-hydrogen) atoms. The molecule has 1 atom stereocenters. The molecule has 130 valence electrons. The smallest absolute Gasteiger partial charge is 0.407 e. The van der Waals surface area contributed by atoms with E-state index >= 15 is 0 Å². The van der Waals surface area contributed by atoms with Crippen LogP contribution in [0, 0.1) is 5.82 Å². The van der Waals surface area contributed by atoms with E-state index in [0.29, 0.717) is 18.7 Å². The Balaban J connectivity index is 2.49. The predicted molar refractivity (Wildman–Crippen MR) is 90.8 cm³/mol. The lowest BCUT2D eigenvalue weighted by molar-refractivity contribution is 0.0521. The average Bonchev–Trinajstić information content (AvgIpc) is 2.46. The third-order valence-electron chi connectivity index (χ3n) is 3.34. The van der Waals surface area contributed by atoms with E-state index < -0.39 is 11.7 Å². The van der Waals surface area contributed by atoms with Gasteiger partial charge in [-0.1, -0.05) is 38.0 Å². The van der Waals surface area contributed by atoms with E-state index in [4.69, 9.17) is 4.74 Å². The average molecular weight is 324 g/mol. The highest BCUT2D eigenvalue weighted by molar-refractivity contribution is 5.67. The van der Waals surface area contributed by atoms with Crippen LogP contribution in [0.2, 0.25) is 0 Å². The third-order valence-corrected chi connectivity index (χ3v) is 3.34. The molecule has 0 aliphatic rings. The lowest BCUT2D eigenvalue weighted by atomic mass is 10.1. The summed E-state index contributed by atoms with van der Waals surface area (Å²) in [6.07, 6.45) is 2.61. The Morgan fingerprint density at radius 3 is 2.61 bits per heavy atom. The highest BCUT2D eigenvalue weighted by atomic mass is 19.1. The van der Waals surface area contributed by atoms with Crippen molar-refractivity contribution in [1.82, 2.24) is 10.6 Å². The zero-order valence-corrected chi connectivity index (χ0v) is 14.6. The summed E-state index contributed by atoms with van der Waals surface area (Å²) in [4.78, 5) is 11.7. The molecule has 0 aromatic heterocycles. The van der Waals surface area contributed by atoms with Gasteiger partial charge in [-0.15, -0.1) is 0 Å². The molecule has 0 aliphatic carbocycles. The summed E-state index contributed by atoms with van der Waals surface area (Å²) in [5.41, 5.74) is 0.120. The van der Waals surface area contributed by atoms with Crippen molar-refractivity contribution in [2.24, 2.45) is 0 Å². The Hall–Kier alpha value is -1.62. The van der Waals surface area contributed by atoms with Crippen LogP contribution < -0.4 is 10.6 Å². The maximum absolute atomic E-state index is 13.7. The van der Waals surface area contributed by atoms with Crippen LogP contribution in [0.3, 0.4) is 0 Å². The lowest BCUT2D eigenvalue weighted by Crippen LogP contribution is -2.42.